The summed E-state index contributed by atoms with van der Waals surface area (Å²) in [6, 6.07) is 1.81. The van der Waals surface area contributed by atoms with Crippen LogP contribution in [0.25, 0.3) is 0 Å². The molecule has 0 fully saturated rings. The molecule has 100 valence electrons. The molecule has 0 saturated heterocycles. The molecule has 0 aliphatic carbocycles. The van der Waals surface area contributed by atoms with Crippen molar-refractivity contribution in [3.8, 4) is 0 Å². The van der Waals surface area contributed by atoms with Gasteiger partial charge in [0.1, 0.15) is 0 Å². The summed E-state index contributed by atoms with van der Waals surface area (Å²) < 4.78 is 39.3. The third-order valence-corrected chi connectivity index (χ3v) is 3.07. The Morgan fingerprint density at radius 1 is 1.17 bits per heavy atom. The molecule has 0 saturated carbocycles. The molecule has 0 heterocycles. The Morgan fingerprint density at radius 3 is 2.39 bits per heavy atom. The Morgan fingerprint density at radius 2 is 1.83 bits per heavy atom. The highest BCUT2D eigenvalue weighted by atomic mass is 19.2. The third-order valence-electron chi connectivity index (χ3n) is 3.07. The number of carbonyl (C=O) groups is 1. The van der Waals surface area contributed by atoms with Gasteiger partial charge in [0.15, 0.2) is 23.2 Å². The van der Waals surface area contributed by atoms with Crippen LogP contribution in [0.4, 0.5) is 13.2 Å². The Balaban J connectivity index is 2.98. The van der Waals surface area contributed by atoms with E-state index in [2.05, 4.69) is 0 Å². The number of rotatable bonds is 6. The van der Waals surface area contributed by atoms with E-state index in [0.29, 0.717) is 12.8 Å². The third kappa shape index (κ3) is 3.12. The van der Waals surface area contributed by atoms with Gasteiger partial charge in [0.2, 0.25) is 0 Å². The van der Waals surface area contributed by atoms with Crippen molar-refractivity contribution in [1.29, 1.82) is 0 Å². The van der Waals surface area contributed by atoms with E-state index in [1.807, 2.05) is 13.8 Å². The Bertz CT molecular complexity index is 429. The van der Waals surface area contributed by atoms with Crippen LogP contribution >= 0.6 is 0 Å². The lowest BCUT2D eigenvalue weighted by Gasteiger charge is -2.14. The van der Waals surface area contributed by atoms with Crippen LogP contribution in [0.5, 0.6) is 0 Å². The normalized spacial score (nSPS) is 12.5. The molecule has 1 aromatic rings. The molecule has 0 N–H and O–H groups in total. The van der Waals surface area contributed by atoms with Gasteiger partial charge in [0.05, 0.1) is 5.56 Å². The summed E-state index contributed by atoms with van der Waals surface area (Å²) in [5, 5.41) is 0. The van der Waals surface area contributed by atoms with Gasteiger partial charge in [-0.15, -0.1) is 0 Å². The molecule has 4 heteroatoms. The van der Waals surface area contributed by atoms with Gasteiger partial charge in [-0.2, -0.15) is 0 Å². The zero-order valence-electron chi connectivity index (χ0n) is 10.6. The van der Waals surface area contributed by atoms with Gasteiger partial charge in [0.25, 0.3) is 0 Å². The smallest absolute Gasteiger partial charge is 0.195 e. The number of unbranched alkanes of at least 4 members (excludes halogenated alkanes) is 1. The van der Waals surface area contributed by atoms with Crippen LogP contribution in [-0.4, -0.2) is 5.78 Å². The van der Waals surface area contributed by atoms with Crippen LogP contribution in [0.3, 0.4) is 0 Å². The van der Waals surface area contributed by atoms with Crippen LogP contribution in [-0.2, 0) is 0 Å². The number of halogens is 3. The molecule has 0 bridgehead atoms. The minimum Gasteiger partial charge on any atom is -0.294 e. The Hall–Kier alpha value is -1.32. The summed E-state index contributed by atoms with van der Waals surface area (Å²) in [4.78, 5) is 12.0. The number of carbonyl (C=O) groups excluding carboxylic acids is 1. The summed E-state index contributed by atoms with van der Waals surface area (Å²) in [5.74, 6) is -5.00. The van der Waals surface area contributed by atoms with Gasteiger partial charge in [-0.1, -0.05) is 26.7 Å². The van der Waals surface area contributed by atoms with Crippen molar-refractivity contribution in [2.24, 2.45) is 5.92 Å². The van der Waals surface area contributed by atoms with Crippen molar-refractivity contribution in [3.05, 3.63) is 35.1 Å². The van der Waals surface area contributed by atoms with Crippen LogP contribution in [0.15, 0.2) is 12.1 Å². The molecule has 1 rings (SSSR count). The standard InChI is InChI=1S/C14H17F3O/c1-3-5-6-9(4-2)14(18)10-7-8-11(15)13(17)12(10)16/h7-9H,3-6H2,1-2H3. The highest BCUT2D eigenvalue weighted by Crippen LogP contribution is 2.22. The molecule has 0 aliphatic rings. The fourth-order valence-corrected chi connectivity index (χ4v) is 1.91. The van der Waals surface area contributed by atoms with Gasteiger partial charge in [-0.05, 0) is 25.0 Å². The SMILES string of the molecule is CCCCC(CC)C(=O)c1ccc(F)c(F)c1F. The zero-order valence-corrected chi connectivity index (χ0v) is 10.6. The fraction of sp³-hybridized carbons (Fsp3) is 0.500. The quantitative estimate of drug-likeness (QED) is 0.542. The van der Waals surface area contributed by atoms with Gasteiger partial charge >= 0.3 is 0 Å². The van der Waals surface area contributed by atoms with Gasteiger partial charge in [-0.3, -0.25) is 4.79 Å². The van der Waals surface area contributed by atoms with Gasteiger partial charge in [0, 0.05) is 5.92 Å². The van der Waals surface area contributed by atoms with Crippen molar-refractivity contribution in [2.75, 3.05) is 0 Å². The molecule has 0 aliphatic heterocycles. The molecule has 1 atom stereocenters. The van der Waals surface area contributed by atoms with Crippen molar-refractivity contribution in [3.63, 3.8) is 0 Å². The maximum Gasteiger partial charge on any atom is 0.195 e. The molecule has 1 nitrogen and oxygen atoms in total. The predicted octanol–water partition coefficient (Wildman–Crippen LogP) is 4.50. The zero-order chi connectivity index (χ0) is 13.7. The van der Waals surface area contributed by atoms with Crippen molar-refractivity contribution < 1.29 is 18.0 Å². The van der Waals surface area contributed by atoms with Crippen molar-refractivity contribution in [2.45, 2.75) is 39.5 Å². The summed E-state index contributed by atoms with van der Waals surface area (Å²) in [6.45, 7) is 3.82. The monoisotopic (exact) mass is 258 g/mol. The van der Waals surface area contributed by atoms with Crippen molar-refractivity contribution >= 4 is 5.78 Å². The number of ketones is 1. The first-order valence-electron chi connectivity index (χ1n) is 6.20. The number of hydrogen-bond acceptors (Lipinski definition) is 1. The number of hydrogen-bond donors (Lipinski definition) is 0. The molecular weight excluding hydrogens is 241 g/mol. The lowest BCUT2D eigenvalue weighted by molar-refractivity contribution is 0.0902. The van der Waals surface area contributed by atoms with E-state index < -0.39 is 23.2 Å². The first-order chi connectivity index (χ1) is 8.52. The second-order valence-corrected chi connectivity index (χ2v) is 4.33. The summed E-state index contributed by atoms with van der Waals surface area (Å²) in [5.41, 5.74) is -0.350. The number of Topliss-reactive ketones (excluding diaryl/α,β-unsaturated/α-hetero) is 1. The van der Waals surface area contributed by atoms with Crippen LogP contribution in [0.1, 0.15) is 49.9 Å². The van der Waals surface area contributed by atoms with Crippen LogP contribution < -0.4 is 0 Å². The van der Waals surface area contributed by atoms with Gasteiger partial charge in [-0.25, -0.2) is 13.2 Å². The van der Waals surface area contributed by atoms with Crippen LogP contribution in [0.2, 0.25) is 0 Å². The predicted molar refractivity (Wildman–Crippen MR) is 64.0 cm³/mol. The minimum atomic E-state index is -1.58. The molecular formula is C14H17F3O. The molecule has 0 spiro atoms. The summed E-state index contributed by atoms with van der Waals surface area (Å²) in [7, 11) is 0. The molecule has 0 radical (unpaired) electrons. The highest BCUT2D eigenvalue weighted by Gasteiger charge is 2.24. The van der Waals surface area contributed by atoms with E-state index in [1.54, 1.807) is 0 Å². The molecule has 18 heavy (non-hydrogen) atoms. The maximum absolute atomic E-state index is 13.5. The highest BCUT2D eigenvalue weighted by molar-refractivity contribution is 5.98. The average molecular weight is 258 g/mol. The lowest BCUT2D eigenvalue weighted by atomic mass is 9.90. The number of benzene rings is 1. The van der Waals surface area contributed by atoms with Crippen molar-refractivity contribution in [1.82, 2.24) is 0 Å². The largest absolute Gasteiger partial charge is 0.294 e. The first-order valence-corrected chi connectivity index (χ1v) is 6.20. The average Bonchev–Trinajstić information content (AvgIpc) is 2.37. The molecule has 1 aromatic carbocycles. The Labute approximate surface area is 105 Å². The lowest BCUT2D eigenvalue weighted by Crippen LogP contribution is -2.16. The van der Waals surface area contributed by atoms with Crippen LogP contribution in [0, 0.1) is 23.4 Å². The molecule has 0 amide bonds. The van der Waals surface area contributed by atoms with Gasteiger partial charge < -0.3 is 0 Å². The topological polar surface area (TPSA) is 17.1 Å². The Kier molecular flexibility index (Phi) is 5.38. The van der Waals surface area contributed by atoms with E-state index in [9.17, 15) is 18.0 Å². The second-order valence-electron chi connectivity index (χ2n) is 4.33. The fourth-order valence-electron chi connectivity index (χ4n) is 1.91. The molecule has 1 unspecified atom stereocenters. The van der Waals surface area contributed by atoms with E-state index in [0.717, 1.165) is 25.0 Å². The molecule has 0 aromatic heterocycles. The summed E-state index contributed by atoms with van der Waals surface area (Å²) in [6.07, 6.45) is 3.00. The van der Waals surface area contributed by atoms with E-state index in [4.69, 9.17) is 0 Å². The summed E-state index contributed by atoms with van der Waals surface area (Å²) >= 11 is 0. The van der Waals surface area contributed by atoms with E-state index >= 15 is 0 Å². The van der Waals surface area contributed by atoms with E-state index in [1.165, 1.54) is 0 Å². The van der Waals surface area contributed by atoms with E-state index in [-0.39, 0.29) is 11.5 Å². The second kappa shape index (κ2) is 6.57. The first kappa shape index (κ1) is 14.7. The maximum atomic E-state index is 13.5. The minimum absolute atomic E-state index is 0.329.